The Balaban J connectivity index is 2.20. The molecule has 1 aromatic heterocycles. The second-order valence-corrected chi connectivity index (χ2v) is 4.78. The van der Waals surface area contributed by atoms with Crippen molar-refractivity contribution < 1.29 is 0 Å². The van der Waals surface area contributed by atoms with Gasteiger partial charge in [-0.1, -0.05) is 13.3 Å². The molecule has 4 heteroatoms. The molecule has 4 N–H and O–H groups in total. The molecule has 1 aliphatic rings. The fourth-order valence-corrected chi connectivity index (χ4v) is 2.57. The van der Waals surface area contributed by atoms with Crippen LogP contribution in [-0.2, 0) is 0 Å². The highest BCUT2D eigenvalue weighted by Crippen LogP contribution is 2.27. The molecule has 0 spiro atoms. The first kappa shape index (κ1) is 12.0. The van der Waals surface area contributed by atoms with Crippen LogP contribution in [0.4, 0.5) is 17.3 Å². The molecule has 1 saturated heterocycles. The molecule has 0 saturated carbocycles. The molecule has 1 unspecified atom stereocenters. The van der Waals surface area contributed by atoms with Crippen molar-refractivity contribution in [1.82, 2.24) is 4.98 Å². The Hall–Kier alpha value is -1.45. The summed E-state index contributed by atoms with van der Waals surface area (Å²) in [5.74, 6) is 1.43. The van der Waals surface area contributed by atoms with Gasteiger partial charge in [-0.2, -0.15) is 0 Å². The van der Waals surface area contributed by atoms with Gasteiger partial charge >= 0.3 is 0 Å². The molecule has 17 heavy (non-hydrogen) atoms. The Labute approximate surface area is 103 Å². The average Bonchev–Trinajstić information content (AvgIpc) is 2.34. The Kier molecular flexibility index (Phi) is 3.71. The van der Waals surface area contributed by atoms with Gasteiger partial charge < -0.3 is 16.4 Å². The van der Waals surface area contributed by atoms with Crippen molar-refractivity contribution in [3.05, 3.63) is 12.1 Å². The first-order valence-electron chi connectivity index (χ1n) is 6.51. The fourth-order valence-electron chi connectivity index (χ4n) is 2.57. The van der Waals surface area contributed by atoms with Crippen molar-refractivity contribution in [2.24, 2.45) is 0 Å². The van der Waals surface area contributed by atoms with Crippen LogP contribution in [0.2, 0.25) is 0 Å². The molecule has 1 fully saturated rings. The minimum atomic E-state index is 0.448. The molecule has 0 aliphatic carbocycles. The number of nitrogens with two attached hydrogens (primary N) is 2. The third-order valence-corrected chi connectivity index (χ3v) is 3.49. The molecular weight excluding hydrogens is 212 g/mol. The molecular formula is C13H22N4. The summed E-state index contributed by atoms with van der Waals surface area (Å²) in [7, 11) is 0. The minimum absolute atomic E-state index is 0.448. The van der Waals surface area contributed by atoms with E-state index < -0.39 is 0 Å². The highest BCUT2D eigenvalue weighted by Gasteiger charge is 2.22. The largest absolute Gasteiger partial charge is 0.396 e. The highest BCUT2D eigenvalue weighted by atomic mass is 15.2. The summed E-state index contributed by atoms with van der Waals surface area (Å²) in [5.41, 5.74) is 12.1. The Bertz CT molecular complexity index is 376. The van der Waals surface area contributed by atoms with Crippen molar-refractivity contribution in [3.63, 3.8) is 0 Å². The Morgan fingerprint density at radius 1 is 1.35 bits per heavy atom. The lowest BCUT2D eigenvalue weighted by molar-refractivity contribution is 0.432. The molecule has 1 atom stereocenters. The van der Waals surface area contributed by atoms with Crippen LogP contribution in [0.25, 0.3) is 0 Å². The Morgan fingerprint density at radius 3 is 2.88 bits per heavy atom. The molecule has 94 valence electrons. The van der Waals surface area contributed by atoms with Crippen LogP contribution >= 0.6 is 0 Å². The predicted octanol–water partition coefficient (Wildman–Crippen LogP) is 2.40. The summed E-state index contributed by atoms with van der Waals surface area (Å²) in [6, 6.07) is 4.46. The number of hydrogen-bond acceptors (Lipinski definition) is 4. The van der Waals surface area contributed by atoms with Gasteiger partial charge in [-0.05, 0) is 37.8 Å². The van der Waals surface area contributed by atoms with Gasteiger partial charge in [0.2, 0.25) is 0 Å². The molecule has 0 amide bonds. The maximum absolute atomic E-state index is 5.78. The zero-order chi connectivity index (χ0) is 12.3. The number of nitrogen functional groups attached to an aromatic ring is 2. The first-order valence-corrected chi connectivity index (χ1v) is 6.51. The lowest BCUT2D eigenvalue weighted by Crippen LogP contribution is -2.40. The second-order valence-electron chi connectivity index (χ2n) is 4.78. The summed E-state index contributed by atoms with van der Waals surface area (Å²) < 4.78 is 0. The summed E-state index contributed by atoms with van der Waals surface area (Å²) in [4.78, 5) is 6.80. The Morgan fingerprint density at radius 2 is 2.18 bits per heavy atom. The lowest BCUT2D eigenvalue weighted by atomic mass is 9.98. The third-order valence-electron chi connectivity index (χ3n) is 3.49. The van der Waals surface area contributed by atoms with Gasteiger partial charge in [-0.25, -0.2) is 4.98 Å². The van der Waals surface area contributed by atoms with Gasteiger partial charge in [0.05, 0.1) is 5.69 Å². The van der Waals surface area contributed by atoms with E-state index >= 15 is 0 Å². The van der Waals surface area contributed by atoms with Gasteiger partial charge in [0.15, 0.2) is 0 Å². The minimum Gasteiger partial charge on any atom is -0.396 e. The van der Waals surface area contributed by atoms with E-state index in [-0.39, 0.29) is 0 Å². The van der Waals surface area contributed by atoms with Crippen LogP contribution in [0.5, 0.6) is 0 Å². The van der Waals surface area contributed by atoms with Crippen molar-refractivity contribution >= 4 is 17.3 Å². The fraction of sp³-hybridized carbons (Fsp3) is 0.615. The first-order chi connectivity index (χ1) is 8.22. The zero-order valence-corrected chi connectivity index (χ0v) is 10.5. The number of hydrogen-bond donors (Lipinski definition) is 2. The van der Waals surface area contributed by atoms with E-state index in [0.29, 0.717) is 17.5 Å². The zero-order valence-electron chi connectivity index (χ0n) is 10.5. The van der Waals surface area contributed by atoms with E-state index in [1.54, 1.807) is 0 Å². The second kappa shape index (κ2) is 5.25. The molecule has 0 aromatic carbocycles. The third kappa shape index (κ3) is 2.62. The smallest absolute Gasteiger partial charge is 0.149 e. The molecule has 4 nitrogen and oxygen atoms in total. The van der Waals surface area contributed by atoms with E-state index in [4.69, 9.17) is 11.5 Å². The molecule has 2 rings (SSSR count). The lowest BCUT2D eigenvalue weighted by Gasteiger charge is -2.36. The summed E-state index contributed by atoms with van der Waals surface area (Å²) in [5, 5.41) is 0. The predicted molar refractivity (Wildman–Crippen MR) is 73.0 cm³/mol. The monoisotopic (exact) mass is 234 g/mol. The van der Waals surface area contributed by atoms with E-state index in [0.717, 1.165) is 12.4 Å². The van der Waals surface area contributed by atoms with Crippen molar-refractivity contribution in [3.8, 4) is 0 Å². The van der Waals surface area contributed by atoms with E-state index in [2.05, 4.69) is 16.8 Å². The summed E-state index contributed by atoms with van der Waals surface area (Å²) in [6.07, 6.45) is 6.27. The number of rotatable bonds is 3. The van der Waals surface area contributed by atoms with Crippen LogP contribution in [0.15, 0.2) is 12.1 Å². The highest BCUT2D eigenvalue weighted by molar-refractivity contribution is 5.62. The van der Waals surface area contributed by atoms with Crippen LogP contribution in [-0.4, -0.2) is 17.6 Å². The SMILES string of the molecule is CCCC1CCCCN1c1ccc(N)c(N)n1. The molecule has 0 bridgehead atoms. The van der Waals surface area contributed by atoms with Crippen LogP contribution < -0.4 is 16.4 Å². The topological polar surface area (TPSA) is 68.2 Å². The van der Waals surface area contributed by atoms with E-state index in [1.165, 1.54) is 32.1 Å². The molecule has 1 aromatic rings. The van der Waals surface area contributed by atoms with Gasteiger partial charge in [0.1, 0.15) is 11.6 Å². The number of pyridine rings is 1. The molecule has 0 radical (unpaired) electrons. The average molecular weight is 234 g/mol. The maximum atomic E-state index is 5.78. The molecule has 1 aliphatic heterocycles. The van der Waals surface area contributed by atoms with Crippen LogP contribution in [0.1, 0.15) is 39.0 Å². The van der Waals surface area contributed by atoms with Gasteiger partial charge in [-0.15, -0.1) is 0 Å². The standard InChI is InChI=1S/C13H22N4/c1-2-5-10-6-3-4-9-17(10)12-8-7-11(14)13(15)16-12/h7-8,10H,2-6,9,14H2,1H3,(H2,15,16). The normalized spacial score (nSPS) is 20.5. The number of anilines is 3. The van der Waals surface area contributed by atoms with E-state index in [9.17, 15) is 0 Å². The summed E-state index contributed by atoms with van der Waals surface area (Å²) >= 11 is 0. The van der Waals surface area contributed by atoms with Gasteiger partial charge in [0, 0.05) is 12.6 Å². The quantitative estimate of drug-likeness (QED) is 0.842. The van der Waals surface area contributed by atoms with Crippen molar-refractivity contribution in [1.29, 1.82) is 0 Å². The van der Waals surface area contributed by atoms with Gasteiger partial charge in [-0.3, -0.25) is 0 Å². The molecule has 2 heterocycles. The number of aromatic nitrogens is 1. The van der Waals surface area contributed by atoms with Crippen molar-refractivity contribution in [2.75, 3.05) is 22.9 Å². The van der Waals surface area contributed by atoms with Crippen LogP contribution in [0.3, 0.4) is 0 Å². The van der Waals surface area contributed by atoms with Gasteiger partial charge in [0.25, 0.3) is 0 Å². The number of nitrogens with zero attached hydrogens (tertiary/aromatic N) is 2. The maximum Gasteiger partial charge on any atom is 0.149 e. The number of piperidine rings is 1. The van der Waals surface area contributed by atoms with E-state index in [1.807, 2.05) is 12.1 Å². The van der Waals surface area contributed by atoms with Crippen molar-refractivity contribution in [2.45, 2.75) is 45.1 Å². The van der Waals surface area contributed by atoms with Crippen LogP contribution in [0, 0.1) is 0 Å². The summed E-state index contributed by atoms with van der Waals surface area (Å²) in [6.45, 7) is 3.32.